The zero-order valence-corrected chi connectivity index (χ0v) is 16.6. The lowest BCUT2D eigenvalue weighted by atomic mass is 9.87. The first kappa shape index (κ1) is 18.3. The number of benzene rings is 3. The van der Waals surface area contributed by atoms with E-state index in [1.165, 1.54) is 11.3 Å². The van der Waals surface area contributed by atoms with Gasteiger partial charge in [-0.1, -0.05) is 65.9 Å². The molecule has 1 aliphatic rings. The Balaban J connectivity index is 1.34. The summed E-state index contributed by atoms with van der Waals surface area (Å²) in [5.41, 5.74) is 1.65. The molecule has 0 saturated heterocycles. The van der Waals surface area contributed by atoms with Gasteiger partial charge in [-0.25, -0.2) is 0 Å². The van der Waals surface area contributed by atoms with Crippen molar-refractivity contribution >= 4 is 22.4 Å². The van der Waals surface area contributed by atoms with Crippen LogP contribution >= 0.6 is 11.3 Å². The Morgan fingerprint density at radius 2 is 1.53 bits per heavy atom. The molecule has 1 aliphatic heterocycles. The predicted octanol–water partition coefficient (Wildman–Crippen LogP) is 4.99. The smallest absolute Gasteiger partial charge is 0.238 e. The zero-order chi connectivity index (χ0) is 20.3. The molecular weight excluding hydrogens is 398 g/mol. The highest BCUT2D eigenvalue weighted by Crippen LogP contribution is 2.44. The number of fused-ring (bicyclic) bond motifs is 2. The number of amides is 1. The maximum atomic E-state index is 13.2. The zero-order valence-electron chi connectivity index (χ0n) is 15.8. The van der Waals surface area contributed by atoms with E-state index >= 15 is 0 Å². The topological polar surface area (TPSA) is 73.3 Å². The number of aromatic nitrogens is 2. The molecule has 148 valence electrons. The van der Waals surface area contributed by atoms with Crippen LogP contribution in [0.2, 0.25) is 0 Å². The van der Waals surface area contributed by atoms with Gasteiger partial charge in [0.1, 0.15) is 23.9 Å². The molecule has 1 amide bonds. The number of hydrogen-bond donors (Lipinski definition) is 1. The molecule has 0 fully saturated rings. The van der Waals surface area contributed by atoms with Crippen LogP contribution in [-0.4, -0.2) is 16.1 Å². The molecule has 30 heavy (non-hydrogen) atoms. The van der Waals surface area contributed by atoms with Crippen LogP contribution < -0.4 is 14.8 Å². The van der Waals surface area contributed by atoms with E-state index < -0.39 is 5.92 Å². The number of carbonyl (C=O) groups is 1. The van der Waals surface area contributed by atoms with Crippen molar-refractivity contribution in [1.82, 2.24) is 10.2 Å². The van der Waals surface area contributed by atoms with E-state index in [9.17, 15) is 4.79 Å². The molecule has 7 heteroatoms. The van der Waals surface area contributed by atoms with Crippen molar-refractivity contribution in [2.75, 3.05) is 5.32 Å². The SMILES string of the molecule is O=C(Nc1nnc(COc2ccccc2)s1)C1c2ccccc2Oc2ccccc21. The number of para-hydroxylation sites is 3. The van der Waals surface area contributed by atoms with Gasteiger partial charge in [-0.3, -0.25) is 10.1 Å². The molecule has 5 rings (SSSR count). The first-order valence-corrected chi connectivity index (χ1v) is 10.3. The number of nitrogens with zero attached hydrogens (tertiary/aromatic N) is 2. The third-order valence-electron chi connectivity index (χ3n) is 4.74. The summed E-state index contributed by atoms with van der Waals surface area (Å²) in [5.74, 6) is 1.47. The van der Waals surface area contributed by atoms with E-state index in [1.807, 2.05) is 78.9 Å². The van der Waals surface area contributed by atoms with E-state index in [1.54, 1.807) is 0 Å². The third kappa shape index (κ3) is 3.62. The number of carbonyl (C=O) groups excluding carboxylic acids is 1. The summed E-state index contributed by atoms with van der Waals surface area (Å²) in [5, 5.41) is 12.3. The van der Waals surface area contributed by atoms with Gasteiger partial charge in [0.05, 0.1) is 5.92 Å². The Bertz CT molecular complexity index is 1150. The van der Waals surface area contributed by atoms with Crippen LogP contribution in [0.4, 0.5) is 5.13 Å². The quantitative estimate of drug-likeness (QED) is 0.497. The van der Waals surface area contributed by atoms with Crippen molar-refractivity contribution < 1.29 is 14.3 Å². The van der Waals surface area contributed by atoms with Gasteiger partial charge in [-0.15, -0.1) is 10.2 Å². The fraction of sp³-hybridized carbons (Fsp3) is 0.0870. The van der Waals surface area contributed by atoms with Crippen molar-refractivity contribution in [3.8, 4) is 17.2 Å². The number of nitrogens with one attached hydrogen (secondary N) is 1. The molecule has 2 heterocycles. The first-order valence-electron chi connectivity index (χ1n) is 9.45. The highest BCUT2D eigenvalue weighted by Gasteiger charge is 2.32. The van der Waals surface area contributed by atoms with Crippen molar-refractivity contribution in [3.63, 3.8) is 0 Å². The fourth-order valence-electron chi connectivity index (χ4n) is 3.39. The van der Waals surface area contributed by atoms with Crippen molar-refractivity contribution in [1.29, 1.82) is 0 Å². The second kappa shape index (κ2) is 7.96. The van der Waals surface area contributed by atoms with Gasteiger partial charge in [-0.05, 0) is 24.3 Å². The van der Waals surface area contributed by atoms with Crippen molar-refractivity contribution in [2.45, 2.75) is 12.5 Å². The van der Waals surface area contributed by atoms with E-state index in [4.69, 9.17) is 9.47 Å². The van der Waals surface area contributed by atoms with E-state index in [0.29, 0.717) is 28.2 Å². The molecule has 0 unspecified atom stereocenters. The average molecular weight is 415 g/mol. The van der Waals surface area contributed by atoms with Gasteiger partial charge in [0.25, 0.3) is 0 Å². The summed E-state index contributed by atoms with van der Waals surface area (Å²) in [7, 11) is 0. The minimum absolute atomic E-state index is 0.176. The predicted molar refractivity (Wildman–Crippen MR) is 114 cm³/mol. The number of ether oxygens (including phenoxy) is 2. The third-order valence-corrected chi connectivity index (χ3v) is 5.56. The van der Waals surface area contributed by atoms with Crippen molar-refractivity contribution in [3.05, 3.63) is 95.0 Å². The summed E-state index contributed by atoms with van der Waals surface area (Å²) in [6, 6.07) is 24.7. The monoisotopic (exact) mass is 415 g/mol. The molecule has 0 spiro atoms. The average Bonchev–Trinajstić information content (AvgIpc) is 3.23. The molecule has 0 radical (unpaired) electrons. The number of hydrogen-bond acceptors (Lipinski definition) is 6. The lowest BCUT2D eigenvalue weighted by Crippen LogP contribution is -2.25. The lowest BCUT2D eigenvalue weighted by Gasteiger charge is -2.27. The lowest BCUT2D eigenvalue weighted by molar-refractivity contribution is -0.116. The Kier molecular flexibility index (Phi) is 4.86. The van der Waals surface area contributed by atoms with Crippen LogP contribution in [0.15, 0.2) is 78.9 Å². The fourth-order valence-corrected chi connectivity index (χ4v) is 4.05. The molecule has 1 N–H and O–H groups in total. The van der Waals surface area contributed by atoms with E-state index in [2.05, 4.69) is 15.5 Å². The Labute approximate surface area is 177 Å². The minimum atomic E-state index is -0.487. The minimum Gasteiger partial charge on any atom is -0.486 e. The van der Waals surface area contributed by atoms with Crippen LogP contribution in [0.3, 0.4) is 0 Å². The Morgan fingerprint density at radius 1 is 0.900 bits per heavy atom. The normalized spacial score (nSPS) is 12.4. The summed E-state index contributed by atoms with van der Waals surface area (Å²) in [4.78, 5) is 13.2. The molecule has 0 bridgehead atoms. The van der Waals surface area contributed by atoms with E-state index in [-0.39, 0.29) is 5.91 Å². The standard InChI is InChI=1S/C23H17N3O3S/c27-22(24-23-26-25-20(30-23)14-28-15-8-2-1-3-9-15)21-16-10-4-6-12-18(16)29-19-13-7-5-11-17(19)21/h1-13,21H,14H2,(H,24,26,27). The number of rotatable bonds is 5. The van der Waals surface area contributed by atoms with Gasteiger partial charge in [0.15, 0.2) is 5.01 Å². The second-order valence-corrected chi connectivity index (χ2v) is 7.76. The van der Waals surface area contributed by atoms with Gasteiger partial charge in [0, 0.05) is 11.1 Å². The largest absolute Gasteiger partial charge is 0.486 e. The van der Waals surface area contributed by atoms with Gasteiger partial charge in [0.2, 0.25) is 11.0 Å². The molecule has 1 aromatic heterocycles. The summed E-state index contributed by atoms with van der Waals surface area (Å²) in [6.45, 7) is 0.292. The Hall–Kier alpha value is -3.71. The molecule has 0 aliphatic carbocycles. The maximum absolute atomic E-state index is 13.2. The van der Waals surface area contributed by atoms with Crippen LogP contribution in [0.1, 0.15) is 22.1 Å². The highest BCUT2D eigenvalue weighted by atomic mass is 32.1. The highest BCUT2D eigenvalue weighted by molar-refractivity contribution is 7.15. The van der Waals surface area contributed by atoms with Crippen molar-refractivity contribution in [2.24, 2.45) is 0 Å². The Morgan fingerprint density at radius 3 is 2.23 bits per heavy atom. The van der Waals surface area contributed by atoms with Crippen LogP contribution in [0, 0.1) is 0 Å². The van der Waals surface area contributed by atoms with Gasteiger partial charge >= 0.3 is 0 Å². The number of anilines is 1. The van der Waals surface area contributed by atoms with E-state index in [0.717, 1.165) is 16.9 Å². The second-order valence-electron chi connectivity index (χ2n) is 6.70. The summed E-state index contributed by atoms with van der Waals surface area (Å²) >= 11 is 1.30. The summed E-state index contributed by atoms with van der Waals surface area (Å²) in [6.07, 6.45) is 0. The van der Waals surface area contributed by atoms with Crippen LogP contribution in [0.5, 0.6) is 17.2 Å². The molecule has 0 atom stereocenters. The summed E-state index contributed by atoms with van der Waals surface area (Å²) < 4.78 is 11.7. The first-order chi connectivity index (χ1) is 14.8. The maximum Gasteiger partial charge on any atom is 0.238 e. The molecule has 6 nitrogen and oxygen atoms in total. The molecular formula is C23H17N3O3S. The molecule has 4 aromatic rings. The van der Waals surface area contributed by atoms with Crippen LogP contribution in [0.25, 0.3) is 0 Å². The van der Waals surface area contributed by atoms with Gasteiger partial charge in [-0.2, -0.15) is 0 Å². The van der Waals surface area contributed by atoms with Gasteiger partial charge < -0.3 is 9.47 Å². The molecule has 0 saturated carbocycles. The van der Waals surface area contributed by atoms with Crippen LogP contribution in [-0.2, 0) is 11.4 Å². The molecule has 3 aromatic carbocycles.